The monoisotopic (exact) mass is 464 g/mol. The lowest BCUT2D eigenvalue weighted by atomic mass is 9.94. The third kappa shape index (κ3) is 4.21. The molecule has 2 aliphatic rings. The van der Waals surface area contributed by atoms with Crippen molar-refractivity contribution in [3.05, 3.63) is 88.9 Å². The van der Waals surface area contributed by atoms with Crippen molar-refractivity contribution in [2.45, 2.75) is 23.8 Å². The normalized spacial score (nSPS) is 16.3. The third-order valence-electron chi connectivity index (χ3n) is 5.68. The Balaban J connectivity index is 1.49. The van der Waals surface area contributed by atoms with Crippen molar-refractivity contribution < 1.29 is 13.2 Å². The predicted molar refractivity (Wildman–Crippen MR) is 126 cm³/mol. The van der Waals surface area contributed by atoms with E-state index in [0.717, 1.165) is 40.7 Å². The Kier molecular flexibility index (Phi) is 5.37. The molecule has 0 unspecified atom stereocenters. The fourth-order valence-corrected chi connectivity index (χ4v) is 5.38. The first-order valence-electron chi connectivity index (χ1n) is 10.4. The van der Waals surface area contributed by atoms with Crippen molar-refractivity contribution in [1.82, 2.24) is 10.0 Å². The topological polar surface area (TPSA) is 75.3 Å². The summed E-state index contributed by atoms with van der Waals surface area (Å²) in [6, 6.07) is 22.1. The van der Waals surface area contributed by atoms with E-state index in [1.54, 1.807) is 30.3 Å². The minimum absolute atomic E-state index is 0.0656. The first-order valence-corrected chi connectivity index (χ1v) is 12.3. The van der Waals surface area contributed by atoms with Crippen LogP contribution in [0.3, 0.4) is 0 Å². The van der Waals surface area contributed by atoms with Gasteiger partial charge in [0, 0.05) is 17.6 Å². The van der Waals surface area contributed by atoms with Gasteiger partial charge in [-0.05, 0) is 71.0 Å². The molecule has 32 heavy (non-hydrogen) atoms. The van der Waals surface area contributed by atoms with Gasteiger partial charge in [-0.1, -0.05) is 54.1 Å². The zero-order valence-electron chi connectivity index (χ0n) is 17.1. The molecule has 0 radical (unpaired) electrons. The van der Waals surface area contributed by atoms with Crippen LogP contribution >= 0.6 is 11.6 Å². The van der Waals surface area contributed by atoms with Gasteiger partial charge in [-0.15, -0.1) is 0 Å². The lowest BCUT2D eigenvalue weighted by Crippen LogP contribution is -2.25. The van der Waals surface area contributed by atoms with Gasteiger partial charge < -0.3 is 5.32 Å². The Morgan fingerprint density at radius 2 is 1.53 bits per heavy atom. The van der Waals surface area contributed by atoms with Crippen molar-refractivity contribution in [1.29, 1.82) is 0 Å². The van der Waals surface area contributed by atoms with Crippen LogP contribution in [0.25, 0.3) is 22.3 Å². The Morgan fingerprint density at radius 1 is 0.844 bits per heavy atom. The highest BCUT2D eigenvalue weighted by atomic mass is 35.5. The summed E-state index contributed by atoms with van der Waals surface area (Å²) in [4.78, 5) is 12.9. The van der Waals surface area contributed by atoms with Crippen molar-refractivity contribution in [3.63, 3.8) is 0 Å². The summed E-state index contributed by atoms with van der Waals surface area (Å²) in [6.07, 6.45) is 1.79. The number of sulfonamides is 1. The van der Waals surface area contributed by atoms with E-state index in [0.29, 0.717) is 17.1 Å². The maximum absolute atomic E-state index is 12.7. The van der Waals surface area contributed by atoms with E-state index in [2.05, 4.69) is 10.0 Å². The first-order chi connectivity index (χ1) is 15.4. The van der Waals surface area contributed by atoms with Gasteiger partial charge in [-0.25, -0.2) is 13.1 Å². The Hall–Kier alpha value is -2.93. The maximum Gasteiger partial charge on any atom is 0.252 e. The molecule has 0 bridgehead atoms. The van der Waals surface area contributed by atoms with Crippen LogP contribution in [0.2, 0.25) is 5.02 Å². The summed E-state index contributed by atoms with van der Waals surface area (Å²) in [7, 11) is -3.49. The number of nitrogens with one attached hydrogen (secondary N) is 2. The minimum Gasteiger partial charge on any atom is -0.348 e. The molecule has 1 saturated carbocycles. The van der Waals surface area contributed by atoms with E-state index in [1.165, 1.54) is 0 Å². The van der Waals surface area contributed by atoms with Crippen LogP contribution in [0.5, 0.6) is 0 Å². The number of carbonyl (C=O) groups is 1. The van der Waals surface area contributed by atoms with Gasteiger partial charge in [-0.2, -0.15) is 0 Å². The maximum atomic E-state index is 12.7. The van der Waals surface area contributed by atoms with Crippen molar-refractivity contribution in [3.8, 4) is 11.1 Å². The van der Waals surface area contributed by atoms with Crippen LogP contribution in [0.15, 0.2) is 77.7 Å². The molecule has 2 N–H and O–H groups in total. The highest BCUT2D eigenvalue weighted by Crippen LogP contribution is 2.33. The summed E-state index contributed by atoms with van der Waals surface area (Å²) in [5, 5.41) is 3.53. The average Bonchev–Trinajstić information content (AvgIpc) is 3.51. The second kappa shape index (κ2) is 8.20. The van der Waals surface area contributed by atoms with Gasteiger partial charge in [0.15, 0.2) is 0 Å². The highest BCUT2D eigenvalue weighted by molar-refractivity contribution is 7.89. The molecule has 7 heteroatoms. The van der Waals surface area contributed by atoms with Crippen LogP contribution in [0, 0.1) is 0 Å². The molecular weight excluding hydrogens is 444 g/mol. The molecule has 1 fully saturated rings. The molecule has 162 valence electrons. The van der Waals surface area contributed by atoms with Crippen LogP contribution in [0.4, 0.5) is 0 Å². The standard InChI is InChI=1S/C25H21ClN2O3S/c26-20-6-2-4-18(14-20)23-15-27-25(29)24(23)19-5-1-3-17(13-19)16-7-11-22(12-8-16)32(30,31)28-21-9-10-21/h1-8,11-14,21,28H,9-10,15H2,(H,27,29). The van der Waals surface area contributed by atoms with E-state index in [4.69, 9.17) is 11.6 Å². The van der Waals surface area contributed by atoms with Gasteiger partial charge in [-0.3, -0.25) is 4.79 Å². The number of benzene rings is 3. The first kappa shape index (κ1) is 20.9. The van der Waals surface area contributed by atoms with E-state index in [-0.39, 0.29) is 16.8 Å². The van der Waals surface area contributed by atoms with E-state index in [9.17, 15) is 13.2 Å². The minimum atomic E-state index is -3.49. The number of rotatable bonds is 6. The molecule has 0 saturated heterocycles. The Bertz CT molecular complexity index is 1340. The molecule has 3 aromatic rings. The van der Waals surface area contributed by atoms with Crippen LogP contribution in [-0.4, -0.2) is 26.9 Å². The summed E-state index contributed by atoms with van der Waals surface area (Å²) in [6.45, 7) is 0.444. The molecular formula is C25H21ClN2O3S. The fraction of sp³-hybridized carbons (Fsp3) is 0.160. The second-order valence-corrected chi connectivity index (χ2v) is 10.2. The fourth-order valence-electron chi connectivity index (χ4n) is 3.88. The number of hydrogen-bond acceptors (Lipinski definition) is 3. The number of amides is 1. The highest BCUT2D eigenvalue weighted by Gasteiger charge is 2.28. The Morgan fingerprint density at radius 3 is 2.25 bits per heavy atom. The Labute approximate surface area is 192 Å². The van der Waals surface area contributed by atoms with Gasteiger partial charge in [0.25, 0.3) is 5.91 Å². The molecule has 1 amide bonds. The lowest BCUT2D eigenvalue weighted by molar-refractivity contribution is -0.114. The van der Waals surface area contributed by atoms with Crippen LogP contribution < -0.4 is 10.0 Å². The molecule has 1 heterocycles. The number of hydrogen-bond donors (Lipinski definition) is 2. The summed E-state index contributed by atoms with van der Waals surface area (Å²) in [5.41, 5.74) is 5.03. The van der Waals surface area contributed by atoms with Gasteiger partial charge in [0.05, 0.1) is 10.5 Å². The van der Waals surface area contributed by atoms with E-state index in [1.807, 2.05) is 42.5 Å². The summed E-state index contributed by atoms with van der Waals surface area (Å²) in [5.74, 6) is -0.121. The van der Waals surface area contributed by atoms with Crippen molar-refractivity contribution in [2.24, 2.45) is 0 Å². The SMILES string of the molecule is O=C1NCC(c2cccc(Cl)c2)=C1c1cccc(-c2ccc(S(=O)(=O)NC3CC3)cc2)c1. The number of halogens is 1. The van der Waals surface area contributed by atoms with E-state index < -0.39 is 10.0 Å². The van der Waals surface area contributed by atoms with Gasteiger partial charge in [0.2, 0.25) is 10.0 Å². The van der Waals surface area contributed by atoms with Crippen molar-refractivity contribution >= 4 is 38.7 Å². The molecule has 3 aromatic carbocycles. The molecule has 5 rings (SSSR count). The van der Waals surface area contributed by atoms with E-state index >= 15 is 0 Å². The molecule has 5 nitrogen and oxygen atoms in total. The molecule has 0 atom stereocenters. The second-order valence-electron chi connectivity index (χ2n) is 8.05. The zero-order chi connectivity index (χ0) is 22.3. The largest absolute Gasteiger partial charge is 0.348 e. The summed E-state index contributed by atoms with van der Waals surface area (Å²) >= 11 is 6.16. The molecule has 1 aliphatic carbocycles. The van der Waals surface area contributed by atoms with Gasteiger partial charge >= 0.3 is 0 Å². The predicted octanol–water partition coefficient (Wildman–Crippen LogP) is 4.49. The van der Waals surface area contributed by atoms with Gasteiger partial charge in [0.1, 0.15) is 0 Å². The molecule has 0 aromatic heterocycles. The third-order valence-corrected chi connectivity index (χ3v) is 7.45. The van der Waals surface area contributed by atoms with Crippen LogP contribution in [0.1, 0.15) is 24.0 Å². The summed E-state index contributed by atoms with van der Waals surface area (Å²) < 4.78 is 27.5. The number of carbonyl (C=O) groups excluding carboxylic acids is 1. The average molecular weight is 465 g/mol. The zero-order valence-corrected chi connectivity index (χ0v) is 18.7. The lowest BCUT2D eigenvalue weighted by Gasteiger charge is -2.10. The molecule has 1 aliphatic heterocycles. The quantitative estimate of drug-likeness (QED) is 0.564. The van der Waals surface area contributed by atoms with Crippen molar-refractivity contribution in [2.75, 3.05) is 6.54 Å². The molecule has 0 spiro atoms. The smallest absolute Gasteiger partial charge is 0.252 e. The van der Waals surface area contributed by atoms with Crippen LogP contribution in [-0.2, 0) is 14.8 Å².